The van der Waals surface area contributed by atoms with Crippen LogP contribution in [0.3, 0.4) is 0 Å². The number of ether oxygens (including phenoxy) is 4. The van der Waals surface area contributed by atoms with Gasteiger partial charge in [0.2, 0.25) is 0 Å². The van der Waals surface area contributed by atoms with Crippen LogP contribution in [0.2, 0.25) is 0 Å². The van der Waals surface area contributed by atoms with Crippen LogP contribution in [0.15, 0.2) is 42.0 Å². The van der Waals surface area contributed by atoms with Crippen LogP contribution in [-0.2, 0) is 6.42 Å². The van der Waals surface area contributed by atoms with Crippen LogP contribution in [-0.4, -0.2) is 52.5 Å². The topological polar surface area (TPSA) is 40.2 Å². The smallest absolute Gasteiger partial charge is 0.164 e. The van der Waals surface area contributed by atoms with Crippen molar-refractivity contribution < 1.29 is 18.9 Å². The summed E-state index contributed by atoms with van der Waals surface area (Å²) < 4.78 is 23.8. The summed E-state index contributed by atoms with van der Waals surface area (Å²) in [5, 5.41) is 0. The molecule has 0 saturated carbocycles. The molecule has 39 heavy (non-hydrogen) atoms. The maximum Gasteiger partial charge on any atom is 0.164 e. The van der Waals surface area contributed by atoms with Gasteiger partial charge in [0.15, 0.2) is 23.0 Å². The lowest BCUT2D eigenvalue weighted by atomic mass is 9.98. The van der Waals surface area contributed by atoms with Crippen LogP contribution in [0, 0.1) is 5.92 Å². The Morgan fingerprint density at radius 1 is 0.949 bits per heavy atom. The summed E-state index contributed by atoms with van der Waals surface area (Å²) in [6.07, 6.45) is 10.1. The van der Waals surface area contributed by atoms with Gasteiger partial charge in [-0.1, -0.05) is 51.3 Å². The molecular weight excluding hydrogens is 486 g/mol. The van der Waals surface area contributed by atoms with Gasteiger partial charge < -0.3 is 23.8 Å². The summed E-state index contributed by atoms with van der Waals surface area (Å²) in [6.45, 7) is 14.5. The number of rotatable bonds is 13. The molecule has 2 aromatic rings. The molecule has 1 atom stereocenters. The fourth-order valence-electron chi connectivity index (χ4n) is 4.72. The average molecular weight is 540 g/mol. The van der Waals surface area contributed by atoms with Crippen molar-refractivity contribution in [3.63, 3.8) is 0 Å². The maximum absolute atomic E-state index is 6.48. The number of likely N-dealkylation sites (tertiary alicyclic amines) is 1. The molecule has 0 N–H and O–H groups in total. The second-order valence-corrected chi connectivity index (χ2v) is 10.5. The largest absolute Gasteiger partial charge is 0.493 e. The van der Waals surface area contributed by atoms with Gasteiger partial charge in [0.05, 0.1) is 27.4 Å². The molecule has 1 fully saturated rings. The molecule has 1 saturated heterocycles. The number of aryl methyl sites for hydroxylation is 1. The zero-order chi connectivity index (χ0) is 28.6. The molecule has 5 heteroatoms. The first-order valence-corrected chi connectivity index (χ1v) is 14.9. The van der Waals surface area contributed by atoms with E-state index in [2.05, 4.69) is 70.8 Å². The van der Waals surface area contributed by atoms with E-state index in [1.54, 1.807) is 14.2 Å². The first-order valence-electron chi connectivity index (χ1n) is 14.9. The first kappa shape index (κ1) is 32.6. The molecule has 0 amide bonds. The predicted molar refractivity (Wildman–Crippen MR) is 165 cm³/mol. The third kappa shape index (κ3) is 10.4. The Balaban J connectivity index is 0.000000798. The summed E-state index contributed by atoms with van der Waals surface area (Å²) in [5.41, 5.74) is 4.82. The summed E-state index contributed by atoms with van der Waals surface area (Å²) >= 11 is 0. The monoisotopic (exact) mass is 539 g/mol. The highest BCUT2D eigenvalue weighted by molar-refractivity contribution is 5.71. The second-order valence-electron chi connectivity index (χ2n) is 10.5. The number of allylic oxidation sites excluding steroid dienone is 2. The minimum atomic E-state index is 0.548. The first-order chi connectivity index (χ1) is 18.9. The number of hydrogen-bond acceptors (Lipinski definition) is 5. The van der Waals surface area contributed by atoms with Crippen LogP contribution < -0.4 is 18.9 Å². The standard InChI is InChI=1S/C28H41NO4.C6H12/c1-6-8-9-15-32-28-22(7-2)16-24(23-12-13-25(30-4)26(17-23)31-5)18-27(28)33-20-21-11-10-14-29(3)19-21;1-4-6(3)5-2/h12-13,16-18,21H,6-11,14-15,19-20H2,1-5H3;4H,5H2,1-3H3/b;6-4-. The van der Waals surface area contributed by atoms with E-state index in [1.807, 2.05) is 12.1 Å². The van der Waals surface area contributed by atoms with E-state index in [9.17, 15) is 0 Å². The molecule has 5 nitrogen and oxygen atoms in total. The van der Waals surface area contributed by atoms with E-state index >= 15 is 0 Å². The lowest BCUT2D eigenvalue weighted by Gasteiger charge is -2.30. The van der Waals surface area contributed by atoms with Gasteiger partial charge in [0.25, 0.3) is 0 Å². The molecule has 218 valence electrons. The van der Waals surface area contributed by atoms with E-state index in [0.29, 0.717) is 12.5 Å². The lowest BCUT2D eigenvalue weighted by Crippen LogP contribution is -2.34. The van der Waals surface area contributed by atoms with Crippen molar-refractivity contribution in [3.8, 4) is 34.1 Å². The summed E-state index contributed by atoms with van der Waals surface area (Å²) in [4.78, 5) is 2.40. The van der Waals surface area contributed by atoms with Gasteiger partial charge in [-0.25, -0.2) is 0 Å². The van der Waals surface area contributed by atoms with Crippen LogP contribution in [0.25, 0.3) is 11.1 Å². The quantitative estimate of drug-likeness (QED) is 0.188. The van der Waals surface area contributed by atoms with Gasteiger partial charge in [-0.15, -0.1) is 0 Å². The van der Waals surface area contributed by atoms with E-state index in [1.165, 1.54) is 49.8 Å². The maximum atomic E-state index is 6.48. The SMILES string of the molecule is C/C=C(/C)CC.CCCCCOc1c(CC)cc(-c2ccc(OC)c(OC)c2)cc1OCC1CCCN(C)C1. The molecule has 3 rings (SSSR count). The van der Waals surface area contributed by atoms with Crippen molar-refractivity contribution in [2.45, 2.75) is 79.6 Å². The molecule has 2 aromatic carbocycles. The second kappa shape index (κ2) is 17.8. The van der Waals surface area contributed by atoms with Crippen molar-refractivity contribution in [1.82, 2.24) is 4.90 Å². The molecule has 0 aromatic heterocycles. The van der Waals surface area contributed by atoms with E-state index in [4.69, 9.17) is 18.9 Å². The highest BCUT2D eigenvalue weighted by atomic mass is 16.5. The van der Waals surface area contributed by atoms with Crippen molar-refractivity contribution in [1.29, 1.82) is 0 Å². The third-order valence-corrected chi connectivity index (χ3v) is 7.47. The molecule has 1 heterocycles. The van der Waals surface area contributed by atoms with Crippen molar-refractivity contribution in [2.24, 2.45) is 5.92 Å². The number of unbranched alkanes of at least 4 members (excludes halogenated alkanes) is 2. The molecular formula is C34H53NO4. The normalized spacial score (nSPS) is 15.8. The van der Waals surface area contributed by atoms with Crippen molar-refractivity contribution in [3.05, 3.63) is 47.5 Å². The fraction of sp³-hybridized carbons (Fsp3) is 0.588. The van der Waals surface area contributed by atoms with E-state index < -0.39 is 0 Å². The fourth-order valence-corrected chi connectivity index (χ4v) is 4.72. The molecule has 1 aliphatic heterocycles. The Labute approximate surface area is 238 Å². The van der Waals surface area contributed by atoms with Crippen LogP contribution in [0.1, 0.15) is 78.7 Å². The number of methoxy groups -OCH3 is 2. The van der Waals surface area contributed by atoms with Gasteiger partial charge in [0.1, 0.15) is 0 Å². The van der Waals surface area contributed by atoms with Crippen LogP contribution in [0.5, 0.6) is 23.0 Å². The van der Waals surface area contributed by atoms with E-state index in [-0.39, 0.29) is 0 Å². The number of piperidine rings is 1. The minimum absolute atomic E-state index is 0.548. The van der Waals surface area contributed by atoms with Crippen LogP contribution >= 0.6 is 0 Å². The zero-order valence-corrected chi connectivity index (χ0v) is 25.9. The van der Waals surface area contributed by atoms with E-state index in [0.717, 1.165) is 60.1 Å². The summed E-state index contributed by atoms with van der Waals surface area (Å²) in [5.74, 6) is 3.75. The molecule has 1 unspecified atom stereocenters. The van der Waals surface area contributed by atoms with Crippen molar-refractivity contribution >= 4 is 0 Å². The molecule has 1 aliphatic rings. The van der Waals surface area contributed by atoms with Gasteiger partial charge in [-0.05, 0) is 100 Å². The Bertz CT molecular complexity index is 1020. The van der Waals surface area contributed by atoms with Crippen molar-refractivity contribution in [2.75, 3.05) is 47.6 Å². The minimum Gasteiger partial charge on any atom is -0.493 e. The Hall–Kier alpha value is -2.66. The van der Waals surface area contributed by atoms with Gasteiger partial charge in [0, 0.05) is 12.5 Å². The zero-order valence-electron chi connectivity index (χ0n) is 25.9. The number of hydrogen-bond donors (Lipinski definition) is 0. The predicted octanol–water partition coefficient (Wildman–Crippen LogP) is 8.59. The van der Waals surface area contributed by atoms with Gasteiger partial charge >= 0.3 is 0 Å². The highest BCUT2D eigenvalue weighted by Gasteiger charge is 2.20. The highest BCUT2D eigenvalue weighted by Crippen LogP contribution is 2.40. The lowest BCUT2D eigenvalue weighted by molar-refractivity contribution is 0.146. The number of benzene rings is 2. The Morgan fingerprint density at radius 2 is 1.69 bits per heavy atom. The Kier molecular flexibility index (Phi) is 14.9. The molecule has 0 spiro atoms. The summed E-state index contributed by atoms with van der Waals surface area (Å²) in [6, 6.07) is 10.4. The Morgan fingerprint density at radius 3 is 2.28 bits per heavy atom. The average Bonchev–Trinajstić information content (AvgIpc) is 2.97. The van der Waals surface area contributed by atoms with Gasteiger partial charge in [-0.2, -0.15) is 0 Å². The van der Waals surface area contributed by atoms with Gasteiger partial charge in [-0.3, -0.25) is 0 Å². The molecule has 0 radical (unpaired) electrons. The van der Waals surface area contributed by atoms with Crippen LogP contribution in [0.4, 0.5) is 0 Å². The third-order valence-electron chi connectivity index (χ3n) is 7.47. The summed E-state index contributed by atoms with van der Waals surface area (Å²) in [7, 11) is 5.52. The number of nitrogens with zero attached hydrogens (tertiary/aromatic N) is 1. The molecule has 0 bridgehead atoms. The molecule has 0 aliphatic carbocycles.